The van der Waals surface area contributed by atoms with Crippen LogP contribution in [-0.4, -0.2) is 31.1 Å². The van der Waals surface area contributed by atoms with Crippen LogP contribution in [0, 0.1) is 11.6 Å². The minimum absolute atomic E-state index is 0.0142. The lowest BCUT2D eigenvalue weighted by atomic mass is 10.1. The number of benzene rings is 1. The minimum atomic E-state index is -0.711. The quantitative estimate of drug-likeness (QED) is 0.779. The number of likely N-dealkylation sites (tertiary alicyclic amines) is 1. The summed E-state index contributed by atoms with van der Waals surface area (Å²) >= 11 is 0. The van der Waals surface area contributed by atoms with E-state index in [9.17, 15) is 8.78 Å². The highest BCUT2D eigenvalue weighted by molar-refractivity contribution is 5.67. The highest BCUT2D eigenvalue weighted by atomic mass is 19.1. The first-order valence-corrected chi connectivity index (χ1v) is 5.76. The molecule has 0 spiro atoms. The smallest absolute Gasteiger partial charge is 0.151 e. The molecule has 1 fully saturated rings. The summed E-state index contributed by atoms with van der Waals surface area (Å²) in [6.07, 6.45) is 2.06. The van der Waals surface area contributed by atoms with Gasteiger partial charge in [-0.2, -0.15) is 0 Å². The molecule has 2 rings (SSSR count). The Hall–Kier alpha value is -1.36. The fraction of sp³-hybridized carbons (Fsp3) is 0.500. The van der Waals surface area contributed by atoms with Crippen molar-refractivity contribution in [3.05, 3.63) is 23.8 Å². The van der Waals surface area contributed by atoms with Crippen molar-refractivity contribution >= 4 is 11.4 Å². The Morgan fingerprint density at radius 3 is 2.88 bits per heavy atom. The van der Waals surface area contributed by atoms with Crippen molar-refractivity contribution in [2.45, 2.75) is 18.9 Å². The fourth-order valence-electron chi connectivity index (χ4n) is 2.21. The van der Waals surface area contributed by atoms with Crippen LogP contribution >= 0.6 is 0 Å². The van der Waals surface area contributed by atoms with Gasteiger partial charge in [-0.05, 0) is 32.5 Å². The first-order valence-electron chi connectivity index (χ1n) is 5.76. The molecule has 5 heteroatoms. The van der Waals surface area contributed by atoms with Gasteiger partial charge >= 0.3 is 0 Å². The Kier molecular flexibility index (Phi) is 3.47. The van der Waals surface area contributed by atoms with E-state index in [-0.39, 0.29) is 11.7 Å². The fourth-order valence-corrected chi connectivity index (χ4v) is 2.21. The van der Waals surface area contributed by atoms with Crippen molar-refractivity contribution in [1.29, 1.82) is 0 Å². The number of halogens is 2. The van der Waals surface area contributed by atoms with Gasteiger partial charge < -0.3 is 16.0 Å². The van der Waals surface area contributed by atoms with Crippen LogP contribution in [0.1, 0.15) is 12.8 Å². The molecule has 94 valence electrons. The number of nitrogens with two attached hydrogens (primary N) is 1. The van der Waals surface area contributed by atoms with Crippen molar-refractivity contribution in [3.8, 4) is 0 Å². The number of piperidine rings is 1. The van der Waals surface area contributed by atoms with E-state index in [0.29, 0.717) is 5.69 Å². The average molecular weight is 241 g/mol. The SMILES string of the molecule is CN1CCCC(Nc2cc(F)cc(F)c2N)C1. The van der Waals surface area contributed by atoms with E-state index in [1.807, 2.05) is 7.05 Å². The maximum Gasteiger partial charge on any atom is 0.151 e. The zero-order valence-electron chi connectivity index (χ0n) is 9.84. The van der Waals surface area contributed by atoms with Crippen LogP contribution in [0.15, 0.2) is 12.1 Å². The zero-order valence-corrected chi connectivity index (χ0v) is 9.84. The third kappa shape index (κ3) is 2.85. The molecule has 3 N–H and O–H groups in total. The molecule has 0 radical (unpaired) electrons. The Labute approximate surface area is 99.6 Å². The molecule has 1 atom stereocenters. The van der Waals surface area contributed by atoms with E-state index >= 15 is 0 Å². The number of nitrogens with zero attached hydrogens (tertiary/aromatic N) is 1. The lowest BCUT2D eigenvalue weighted by Crippen LogP contribution is -2.39. The van der Waals surface area contributed by atoms with E-state index in [0.717, 1.165) is 32.0 Å². The van der Waals surface area contributed by atoms with Gasteiger partial charge in [-0.1, -0.05) is 0 Å². The summed E-state index contributed by atoms with van der Waals surface area (Å²) in [5.74, 6) is -1.32. The van der Waals surface area contributed by atoms with Crippen LogP contribution in [0.4, 0.5) is 20.2 Å². The van der Waals surface area contributed by atoms with Gasteiger partial charge in [-0.15, -0.1) is 0 Å². The summed E-state index contributed by atoms with van der Waals surface area (Å²) in [5, 5.41) is 3.11. The molecule has 1 saturated heterocycles. The number of rotatable bonds is 2. The number of nitrogens with one attached hydrogen (secondary N) is 1. The van der Waals surface area contributed by atoms with Gasteiger partial charge in [0.05, 0.1) is 11.4 Å². The molecule has 3 nitrogen and oxygen atoms in total. The molecule has 1 aliphatic heterocycles. The molecule has 1 heterocycles. The molecule has 1 aliphatic rings. The maximum atomic E-state index is 13.3. The third-order valence-electron chi connectivity index (χ3n) is 3.08. The second kappa shape index (κ2) is 4.87. The standard InChI is InChI=1S/C12H17F2N3/c1-17-4-2-3-9(7-17)16-11-6-8(13)5-10(14)12(11)15/h5-6,9,16H,2-4,7,15H2,1H3. The lowest BCUT2D eigenvalue weighted by molar-refractivity contribution is 0.261. The Morgan fingerprint density at radius 2 is 2.18 bits per heavy atom. The maximum absolute atomic E-state index is 13.3. The van der Waals surface area contributed by atoms with Crippen LogP contribution in [0.5, 0.6) is 0 Å². The van der Waals surface area contributed by atoms with Gasteiger partial charge in [-0.25, -0.2) is 8.78 Å². The number of nitrogen functional groups attached to an aromatic ring is 1. The van der Waals surface area contributed by atoms with Crippen LogP contribution in [0.3, 0.4) is 0 Å². The van der Waals surface area contributed by atoms with Crippen LogP contribution in [0.2, 0.25) is 0 Å². The van der Waals surface area contributed by atoms with Crippen molar-refractivity contribution < 1.29 is 8.78 Å². The van der Waals surface area contributed by atoms with Crippen LogP contribution in [-0.2, 0) is 0 Å². The van der Waals surface area contributed by atoms with Gasteiger partial charge in [0, 0.05) is 18.7 Å². The molecule has 17 heavy (non-hydrogen) atoms. The molecule has 0 aliphatic carbocycles. The predicted molar refractivity (Wildman–Crippen MR) is 64.9 cm³/mol. The topological polar surface area (TPSA) is 41.3 Å². The number of hydrogen-bond acceptors (Lipinski definition) is 3. The predicted octanol–water partition coefficient (Wildman–Crippen LogP) is 2.05. The first kappa shape index (κ1) is 12.1. The largest absolute Gasteiger partial charge is 0.395 e. The molecule has 1 unspecified atom stereocenters. The van der Waals surface area contributed by atoms with Crippen LogP contribution in [0.25, 0.3) is 0 Å². The van der Waals surface area contributed by atoms with Gasteiger partial charge in [0.1, 0.15) is 5.82 Å². The highest BCUT2D eigenvalue weighted by Crippen LogP contribution is 2.25. The van der Waals surface area contributed by atoms with Gasteiger partial charge in [-0.3, -0.25) is 0 Å². The van der Waals surface area contributed by atoms with Crippen LogP contribution < -0.4 is 11.1 Å². The summed E-state index contributed by atoms with van der Waals surface area (Å²) in [5.41, 5.74) is 5.92. The van der Waals surface area contributed by atoms with E-state index < -0.39 is 11.6 Å². The lowest BCUT2D eigenvalue weighted by Gasteiger charge is -2.31. The van der Waals surface area contributed by atoms with E-state index in [1.165, 1.54) is 6.07 Å². The van der Waals surface area contributed by atoms with Gasteiger partial charge in [0.25, 0.3) is 0 Å². The molecular weight excluding hydrogens is 224 g/mol. The highest BCUT2D eigenvalue weighted by Gasteiger charge is 2.18. The Morgan fingerprint density at radius 1 is 1.41 bits per heavy atom. The second-order valence-corrected chi connectivity index (χ2v) is 4.59. The van der Waals surface area contributed by atoms with E-state index in [4.69, 9.17) is 5.73 Å². The Balaban J connectivity index is 2.12. The Bertz CT molecular complexity index is 409. The van der Waals surface area contributed by atoms with E-state index in [1.54, 1.807) is 0 Å². The van der Waals surface area contributed by atoms with Gasteiger partial charge in [0.2, 0.25) is 0 Å². The van der Waals surface area contributed by atoms with E-state index in [2.05, 4.69) is 10.2 Å². The monoisotopic (exact) mass is 241 g/mol. The van der Waals surface area contributed by atoms with Crippen molar-refractivity contribution in [2.24, 2.45) is 0 Å². The number of likely N-dealkylation sites (N-methyl/N-ethyl adjacent to an activating group) is 1. The summed E-state index contributed by atoms with van der Waals surface area (Å²) < 4.78 is 26.3. The average Bonchev–Trinajstić information content (AvgIpc) is 2.25. The number of hydrogen-bond donors (Lipinski definition) is 2. The molecule has 0 amide bonds. The molecule has 0 aromatic heterocycles. The molecule has 1 aromatic rings. The summed E-state index contributed by atoms with van der Waals surface area (Å²) in [6.45, 7) is 1.92. The molecule has 0 saturated carbocycles. The van der Waals surface area contributed by atoms with Crippen molar-refractivity contribution in [1.82, 2.24) is 4.90 Å². The normalized spacial score (nSPS) is 21.5. The van der Waals surface area contributed by atoms with Crippen molar-refractivity contribution in [2.75, 3.05) is 31.2 Å². The third-order valence-corrected chi connectivity index (χ3v) is 3.08. The van der Waals surface area contributed by atoms with Crippen molar-refractivity contribution in [3.63, 3.8) is 0 Å². The molecule has 0 bridgehead atoms. The first-order chi connectivity index (χ1) is 8.06. The molecule has 1 aromatic carbocycles. The summed E-state index contributed by atoms with van der Waals surface area (Å²) in [7, 11) is 2.03. The number of anilines is 2. The zero-order chi connectivity index (χ0) is 12.4. The van der Waals surface area contributed by atoms with Gasteiger partial charge in [0.15, 0.2) is 5.82 Å². The molecular formula is C12H17F2N3. The summed E-state index contributed by atoms with van der Waals surface area (Å²) in [4.78, 5) is 2.19. The minimum Gasteiger partial charge on any atom is -0.395 e. The summed E-state index contributed by atoms with van der Waals surface area (Å²) in [6, 6.07) is 2.23. The second-order valence-electron chi connectivity index (χ2n) is 4.59.